The zero-order chi connectivity index (χ0) is 17.4. The van der Waals surface area contributed by atoms with E-state index in [2.05, 4.69) is 17.9 Å². The molecule has 3 N–H and O–H groups in total. The Morgan fingerprint density at radius 3 is 2.79 bits per heavy atom. The molecule has 24 heavy (non-hydrogen) atoms. The molecule has 0 aliphatic heterocycles. The van der Waals surface area contributed by atoms with Crippen LogP contribution in [-0.4, -0.2) is 25.1 Å². The lowest BCUT2D eigenvalue weighted by Gasteiger charge is -2.12. The van der Waals surface area contributed by atoms with E-state index in [9.17, 15) is 5.11 Å². The van der Waals surface area contributed by atoms with Gasteiger partial charge in [0.25, 0.3) is 0 Å². The Bertz CT molecular complexity index is 700. The molecule has 4 nitrogen and oxygen atoms in total. The minimum absolute atomic E-state index is 0.0953. The van der Waals surface area contributed by atoms with E-state index in [-0.39, 0.29) is 5.92 Å². The SMILES string of the molecule is COc1cccc(OCC#Cc2ccc(CC[C@@H](C)C(N)O)s2)c1. The number of hydrogen-bond acceptors (Lipinski definition) is 5. The average molecular weight is 345 g/mol. The molecular weight excluding hydrogens is 322 g/mol. The Balaban J connectivity index is 1.81. The number of hydrogen-bond donors (Lipinski definition) is 2. The van der Waals surface area contributed by atoms with Crippen molar-refractivity contribution >= 4 is 11.3 Å². The summed E-state index contributed by atoms with van der Waals surface area (Å²) in [5, 5.41) is 9.31. The van der Waals surface area contributed by atoms with Gasteiger partial charge >= 0.3 is 0 Å². The van der Waals surface area contributed by atoms with Crippen LogP contribution < -0.4 is 15.2 Å². The van der Waals surface area contributed by atoms with Crippen LogP contribution in [0, 0.1) is 17.8 Å². The van der Waals surface area contributed by atoms with Crippen molar-refractivity contribution in [1.29, 1.82) is 0 Å². The van der Waals surface area contributed by atoms with E-state index in [1.165, 1.54) is 4.88 Å². The van der Waals surface area contributed by atoms with Crippen LogP contribution in [0.15, 0.2) is 36.4 Å². The number of methoxy groups -OCH3 is 1. The lowest BCUT2D eigenvalue weighted by Crippen LogP contribution is -2.27. The lowest BCUT2D eigenvalue weighted by molar-refractivity contribution is 0.119. The number of aryl methyl sites for hydroxylation is 1. The summed E-state index contributed by atoms with van der Waals surface area (Å²) in [7, 11) is 1.63. The maximum atomic E-state index is 9.31. The first-order valence-electron chi connectivity index (χ1n) is 7.86. The fraction of sp³-hybridized carbons (Fsp3) is 0.368. The Morgan fingerprint density at radius 1 is 1.25 bits per heavy atom. The second-order valence-corrected chi connectivity index (χ2v) is 6.71. The number of nitrogens with two attached hydrogens (primary N) is 1. The molecule has 2 aromatic rings. The van der Waals surface area contributed by atoms with Crippen molar-refractivity contribution in [3.05, 3.63) is 46.2 Å². The zero-order valence-electron chi connectivity index (χ0n) is 14.0. The smallest absolute Gasteiger partial charge is 0.149 e. The normalized spacial score (nSPS) is 12.8. The molecule has 0 aliphatic rings. The van der Waals surface area contributed by atoms with Crippen LogP contribution in [0.3, 0.4) is 0 Å². The van der Waals surface area contributed by atoms with Gasteiger partial charge in [-0.3, -0.25) is 0 Å². The topological polar surface area (TPSA) is 64.7 Å². The second kappa shape index (κ2) is 9.33. The van der Waals surface area contributed by atoms with E-state index in [4.69, 9.17) is 15.2 Å². The molecule has 0 amide bonds. The third-order valence-electron chi connectivity index (χ3n) is 3.65. The van der Waals surface area contributed by atoms with Crippen molar-refractivity contribution < 1.29 is 14.6 Å². The number of aliphatic hydroxyl groups excluding tert-OH is 1. The van der Waals surface area contributed by atoms with Crippen molar-refractivity contribution in [2.24, 2.45) is 11.7 Å². The van der Waals surface area contributed by atoms with Gasteiger partial charge in [-0.15, -0.1) is 11.3 Å². The van der Waals surface area contributed by atoms with Crippen LogP contribution in [0.4, 0.5) is 0 Å². The molecule has 1 aromatic carbocycles. The first-order valence-corrected chi connectivity index (χ1v) is 8.68. The first kappa shape index (κ1) is 18.3. The molecule has 128 valence electrons. The number of ether oxygens (including phenoxy) is 2. The summed E-state index contributed by atoms with van der Waals surface area (Å²) in [5.74, 6) is 7.73. The van der Waals surface area contributed by atoms with E-state index in [1.54, 1.807) is 18.4 Å². The molecule has 2 atom stereocenters. The monoisotopic (exact) mass is 345 g/mol. The maximum Gasteiger partial charge on any atom is 0.149 e. The van der Waals surface area contributed by atoms with Crippen LogP contribution >= 0.6 is 11.3 Å². The standard InChI is InChI=1S/C19H23NO3S/c1-14(19(20)21)8-9-18-11-10-17(24-18)7-4-12-23-16-6-3-5-15(13-16)22-2/h3,5-6,10-11,13-14,19,21H,8-9,12,20H2,1-2H3/t14-,19?/m1/s1. The lowest BCUT2D eigenvalue weighted by atomic mass is 10.0. The number of rotatable bonds is 7. The summed E-state index contributed by atoms with van der Waals surface area (Å²) < 4.78 is 10.7. The van der Waals surface area contributed by atoms with Crippen molar-refractivity contribution in [1.82, 2.24) is 0 Å². The molecule has 0 saturated carbocycles. The highest BCUT2D eigenvalue weighted by molar-refractivity contribution is 7.12. The van der Waals surface area contributed by atoms with E-state index >= 15 is 0 Å². The fourth-order valence-electron chi connectivity index (χ4n) is 2.05. The second-order valence-electron chi connectivity index (χ2n) is 5.54. The molecular formula is C19H23NO3S. The number of aliphatic hydroxyl groups is 1. The van der Waals surface area contributed by atoms with Crippen LogP contribution in [0.2, 0.25) is 0 Å². The van der Waals surface area contributed by atoms with E-state index in [0.29, 0.717) is 6.61 Å². The highest BCUT2D eigenvalue weighted by Crippen LogP contribution is 2.20. The summed E-state index contributed by atoms with van der Waals surface area (Å²) >= 11 is 1.67. The van der Waals surface area contributed by atoms with Gasteiger partial charge < -0.3 is 20.3 Å². The van der Waals surface area contributed by atoms with Gasteiger partial charge in [0.15, 0.2) is 0 Å². The van der Waals surface area contributed by atoms with Crippen molar-refractivity contribution in [3.63, 3.8) is 0 Å². The first-order chi connectivity index (χ1) is 11.6. The molecule has 0 bridgehead atoms. The third-order valence-corrected chi connectivity index (χ3v) is 4.71. The van der Waals surface area contributed by atoms with Crippen molar-refractivity contribution in [3.8, 4) is 23.3 Å². The largest absolute Gasteiger partial charge is 0.497 e. The maximum absolute atomic E-state index is 9.31. The average Bonchev–Trinajstić information content (AvgIpc) is 3.04. The Hall–Kier alpha value is -2.00. The molecule has 1 aromatic heterocycles. The van der Waals surface area contributed by atoms with E-state index in [0.717, 1.165) is 29.2 Å². The zero-order valence-corrected chi connectivity index (χ0v) is 14.8. The summed E-state index contributed by atoms with van der Waals surface area (Å²) in [4.78, 5) is 2.26. The molecule has 0 spiro atoms. The van der Waals surface area contributed by atoms with Crippen molar-refractivity contribution in [2.75, 3.05) is 13.7 Å². The molecule has 2 rings (SSSR count). The highest BCUT2D eigenvalue weighted by atomic mass is 32.1. The van der Waals surface area contributed by atoms with Gasteiger partial charge in [-0.1, -0.05) is 24.8 Å². The van der Waals surface area contributed by atoms with Crippen LogP contribution in [0.5, 0.6) is 11.5 Å². The van der Waals surface area contributed by atoms with Gasteiger partial charge in [-0.2, -0.15) is 0 Å². The Kier molecular flexibility index (Phi) is 7.13. The van der Waals surface area contributed by atoms with E-state index in [1.807, 2.05) is 37.3 Å². The Morgan fingerprint density at radius 2 is 2.04 bits per heavy atom. The quantitative estimate of drug-likeness (QED) is 0.598. The van der Waals surface area contributed by atoms with Gasteiger partial charge in [0.2, 0.25) is 0 Å². The summed E-state index contributed by atoms with van der Waals surface area (Å²) in [6, 6.07) is 11.6. The van der Waals surface area contributed by atoms with Gasteiger partial charge in [-0.05, 0) is 43.0 Å². The van der Waals surface area contributed by atoms with Gasteiger partial charge in [0, 0.05) is 10.9 Å². The summed E-state index contributed by atoms with van der Waals surface area (Å²) in [5.41, 5.74) is 5.47. The van der Waals surface area contributed by atoms with Crippen LogP contribution in [0.25, 0.3) is 0 Å². The van der Waals surface area contributed by atoms with E-state index < -0.39 is 6.23 Å². The van der Waals surface area contributed by atoms with Crippen molar-refractivity contribution in [2.45, 2.75) is 26.0 Å². The van der Waals surface area contributed by atoms with Gasteiger partial charge in [0.05, 0.1) is 12.0 Å². The minimum Gasteiger partial charge on any atom is -0.497 e. The molecule has 5 heteroatoms. The molecule has 1 unspecified atom stereocenters. The molecule has 0 fully saturated rings. The van der Waals surface area contributed by atoms with Gasteiger partial charge in [-0.25, -0.2) is 0 Å². The van der Waals surface area contributed by atoms with Gasteiger partial charge in [0.1, 0.15) is 24.3 Å². The third kappa shape index (κ3) is 5.89. The summed E-state index contributed by atoms with van der Waals surface area (Å²) in [6.07, 6.45) is 1.02. The highest BCUT2D eigenvalue weighted by Gasteiger charge is 2.09. The molecule has 1 heterocycles. The fourth-order valence-corrected chi connectivity index (χ4v) is 2.95. The van der Waals surface area contributed by atoms with Crippen LogP contribution in [0.1, 0.15) is 23.1 Å². The summed E-state index contributed by atoms with van der Waals surface area (Å²) in [6.45, 7) is 2.28. The molecule has 0 radical (unpaired) electrons. The molecule has 0 saturated heterocycles. The van der Waals surface area contributed by atoms with Crippen LogP contribution in [-0.2, 0) is 6.42 Å². The number of benzene rings is 1. The Labute approximate surface area is 147 Å². The predicted octanol–water partition coefficient (Wildman–Crippen LogP) is 3.03. The predicted molar refractivity (Wildman–Crippen MR) is 97.4 cm³/mol. The molecule has 0 aliphatic carbocycles. The minimum atomic E-state index is -0.752. The number of thiophene rings is 1.